The van der Waals surface area contributed by atoms with Gasteiger partial charge in [-0.15, -0.1) is 0 Å². The number of hydrogen-bond acceptors (Lipinski definition) is 5. The highest BCUT2D eigenvalue weighted by molar-refractivity contribution is 7.90. The van der Waals surface area contributed by atoms with Crippen molar-refractivity contribution in [3.8, 4) is 0 Å². The zero-order chi connectivity index (χ0) is 15.9. The molecule has 4 heterocycles. The lowest BCUT2D eigenvalue weighted by Gasteiger charge is -2.18. The summed E-state index contributed by atoms with van der Waals surface area (Å²) in [5.74, 6) is -1.11. The fraction of sp³-hybridized carbons (Fsp3) is 0.500. The second kappa shape index (κ2) is 4.21. The van der Waals surface area contributed by atoms with E-state index >= 15 is 0 Å². The predicted molar refractivity (Wildman–Crippen MR) is 80.1 cm³/mol. The van der Waals surface area contributed by atoms with Gasteiger partial charge < -0.3 is 4.74 Å². The molecule has 23 heavy (non-hydrogen) atoms. The first-order chi connectivity index (χ1) is 10.9. The maximum absolute atomic E-state index is 12.7. The Morgan fingerprint density at radius 2 is 1.57 bits per heavy atom. The summed E-state index contributed by atoms with van der Waals surface area (Å²) < 4.78 is 29.2. The molecule has 7 heteroatoms. The molecule has 0 spiro atoms. The van der Waals surface area contributed by atoms with E-state index in [4.69, 9.17) is 4.74 Å². The number of ether oxygens (including phenoxy) is 1. The number of sulfone groups is 1. The Hall–Kier alpha value is -1.73. The largest absolute Gasteiger partial charge is 0.373 e. The Labute approximate surface area is 133 Å². The Morgan fingerprint density at radius 3 is 2.22 bits per heavy atom. The Morgan fingerprint density at radius 1 is 0.957 bits per heavy atom. The molecule has 1 aromatic carbocycles. The number of hydrogen-bond donors (Lipinski definition) is 0. The molecule has 5 rings (SSSR count). The lowest BCUT2D eigenvalue weighted by Crippen LogP contribution is -2.34. The van der Waals surface area contributed by atoms with Gasteiger partial charge in [0.05, 0.1) is 41.2 Å². The first-order valence-electron chi connectivity index (χ1n) is 7.80. The van der Waals surface area contributed by atoms with Crippen LogP contribution in [-0.2, 0) is 35.7 Å². The molecule has 2 bridgehead atoms. The molecule has 120 valence electrons. The van der Waals surface area contributed by atoms with Gasteiger partial charge in [-0.1, -0.05) is 6.07 Å². The van der Waals surface area contributed by atoms with Crippen LogP contribution in [0.5, 0.6) is 0 Å². The summed E-state index contributed by atoms with van der Waals surface area (Å²) in [7, 11) is -3.10. The van der Waals surface area contributed by atoms with Gasteiger partial charge in [-0.05, 0) is 36.1 Å². The standard InChI is InChI=1S/C16H15NO5S/c18-15-13-11-3-4-12(22-11)14(13)16(19)17(15)10-2-1-8-6-23(20,21)7-9(8)5-10/h1-2,5,11-14H,3-4,6-7H2/t11-,12+,13-,14+. The Kier molecular flexibility index (Phi) is 2.51. The van der Waals surface area contributed by atoms with Gasteiger partial charge in [-0.25, -0.2) is 13.3 Å². The van der Waals surface area contributed by atoms with E-state index in [0.29, 0.717) is 11.3 Å². The highest BCUT2D eigenvalue weighted by Crippen LogP contribution is 2.49. The third-order valence-electron chi connectivity index (χ3n) is 5.48. The van der Waals surface area contributed by atoms with Crippen LogP contribution in [0.2, 0.25) is 0 Å². The third-order valence-corrected chi connectivity index (χ3v) is 6.98. The van der Waals surface area contributed by atoms with E-state index < -0.39 is 9.84 Å². The molecule has 0 saturated carbocycles. The highest BCUT2D eigenvalue weighted by atomic mass is 32.2. The molecular weight excluding hydrogens is 318 g/mol. The minimum atomic E-state index is -3.10. The van der Waals surface area contributed by atoms with Crippen LogP contribution in [0.25, 0.3) is 0 Å². The summed E-state index contributed by atoms with van der Waals surface area (Å²) in [4.78, 5) is 26.7. The van der Waals surface area contributed by atoms with E-state index in [1.807, 2.05) is 0 Å². The first kappa shape index (κ1) is 13.7. The summed E-state index contributed by atoms with van der Waals surface area (Å²) in [5, 5.41) is 0. The molecule has 0 unspecified atom stereocenters. The summed E-state index contributed by atoms with van der Waals surface area (Å²) >= 11 is 0. The van der Waals surface area contributed by atoms with Crippen molar-refractivity contribution in [1.29, 1.82) is 0 Å². The normalized spacial score (nSPS) is 36.6. The van der Waals surface area contributed by atoms with Crippen molar-refractivity contribution >= 4 is 27.3 Å². The molecule has 4 atom stereocenters. The monoisotopic (exact) mass is 333 g/mol. The molecule has 0 aromatic heterocycles. The average Bonchev–Trinajstić information content (AvgIpc) is 3.20. The number of imide groups is 1. The second-order valence-corrected chi connectivity index (χ2v) is 8.90. The number of nitrogens with zero attached hydrogens (tertiary/aromatic N) is 1. The Bertz CT molecular complexity index is 833. The number of rotatable bonds is 1. The molecule has 0 radical (unpaired) electrons. The summed E-state index contributed by atoms with van der Waals surface area (Å²) in [6, 6.07) is 5.08. The van der Waals surface area contributed by atoms with Crippen molar-refractivity contribution in [2.45, 2.75) is 36.6 Å². The van der Waals surface area contributed by atoms with E-state index in [1.165, 1.54) is 4.90 Å². The zero-order valence-corrected chi connectivity index (χ0v) is 13.1. The van der Waals surface area contributed by atoms with Crippen molar-refractivity contribution in [2.24, 2.45) is 11.8 Å². The van der Waals surface area contributed by atoms with Gasteiger partial charge in [0.15, 0.2) is 9.84 Å². The van der Waals surface area contributed by atoms with Crippen LogP contribution in [0.4, 0.5) is 5.69 Å². The molecule has 0 N–H and O–H groups in total. The van der Waals surface area contributed by atoms with E-state index in [-0.39, 0.29) is 47.4 Å². The average molecular weight is 333 g/mol. The minimum absolute atomic E-state index is 0.0202. The van der Waals surface area contributed by atoms with Gasteiger partial charge in [0.2, 0.25) is 11.8 Å². The zero-order valence-electron chi connectivity index (χ0n) is 12.3. The van der Waals surface area contributed by atoms with Crippen LogP contribution in [0, 0.1) is 11.8 Å². The van der Waals surface area contributed by atoms with Crippen molar-refractivity contribution in [1.82, 2.24) is 0 Å². The lowest BCUT2D eigenvalue weighted by atomic mass is 9.81. The van der Waals surface area contributed by atoms with Crippen LogP contribution in [0.15, 0.2) is 18.2 Å². The smallest absolute Gasteiger partial charge is 0.240 e. The first-order valence-corrected chi connectivity index (χ1v) is 9.62. The van der Waals surface area contributed by atoms with Crippen LogP contribution in [0.1, 0.15) is 24.0 Å². The maximum atomic E-state index is 12.7. The van der Waals surface area contributed by atoms with E-state index in [9.17, 15) is 18.0 Å². The highest BCUT2D eigenvalue weighted by Gasteiger charge is 2.62. The van der Waals surface area contributed by atoms with Crippen molar-refractivity contribution in [2.75, 3.05) is 4.90 Å². The summed E-state index contributed by atoms with van der Waals surface area (Å²) in [6.45, 7) is 0. The number of carbonyl (C=O) groups excluding carboxylic acids is 2. The van der Waals surface area contributed by atoms with Crippen LogP contribution in [0.3, 0.4) is 0 Å². The van der Waals surface area contributed by atoms with Crippen LogP contribution < -0.4 is 4.90 Å². The van der Waals surface area contributed by atoms with Crippen molar-refractivity contribution in [3.05, 3.63) is 29.3 Å². The fourth-order valence-electron chi connectivity index (χ4n) is 4.52. The van der Waals surface area contributed by atoms with Crippen molar-refractivity contribution < 1.29 is 22.7 Å². The molecule has 6 nitrogen and oxygen atoms in total. The quantitative estimate of drug-likeness (QED) is 0.710. The number of benzene rings is 1. The van der Waals surface area contributed by atoms with Gasteiger partial charge in [-0.3, -0.25) is 9.59 Å². The molecule has 2 amide bonds. The fourth-order valence-corrected chi connectivity index (χ4v) is 6.12. The number of amides is 2. The van der Waals surface area contributed by atoms with Gasteiger partial charge in [0.25, 0.3) is 0 Å². The maximum Gasteiger partial charge on any atom is 0.240 e. The Balaban J connectivity index is 1.54. The van der Waals surface area contributed by atoms with E-state index in [1.54, 1.807) is 18.2 Å². The lowest BCUT2D eigenvalue weighted by molar-refractivity contribution is -0.124. The van der Waals surface area contributed by atoms with Gasteiger partial charge in [-0.2, -0.15) is 0 Å². The van der Waals surface area contributed by atoms with Crippen LogP contribution in [-0.4, -0.2) is 32.4 Å². The van der Waals surface area contributed by atoms with E-state index in [2.05, 4.69) is 0 Å². The minimum Gasteiger partial charge on any atom is -0.373 e. The topological polar surface area (TPSA) is 80.8 Å². The molecule has 3 fully saturated rings. The summed E-state index contributed by atoms with van der Waals surface area (Å²) in [5.41, 5.74) is 1.94. The molecular formula is C16H15NO5S. The second-order valence-electron chi connectivity index (χ2n) is 6.84. The predicted octanol–water partition coefficient (Wildman–Crippen LogP) is 0.782. The van der Waals surface area contributed by atoms with Gasteiger partial charge in [0.1, 0.15) is 0 Å². The number of fused-ring (bicyclic) bond motifs is 6. The third kappa shape index (κ3) is 1.74. The van der Waals surface area contributed by atoms with E-state index in [0.717, 1.165) is 18.4 Å². The van der Waals surface area contributed by atoms with Crippen LogP contribution >= 0.6 is 0 Å². The molecule has 4 aliphatic heterocycles. The molecule has 4 aliphatic rings. The van der Waals surface area contributed by atoms with Gasteiger partial charge >= 0.3 is 0 Å². The number of anilines is 1. The molecule has 3 saturated heterocycles. The SMILES string of the molecule is O=C1[C@@H]2[C@H](C(=O)N1c1ccc3c(c1)CS(=O)(=O)C3)[C@H]1CC[C@@H]2O1. The van der Waals surface area contributed by atoms with Gasteiger partial charge in [0, 0.05) is 0 Å². The molecule has 0 aliphatic carbocycles. The van der Waals surface area contributed by atoms with Crippen molar-refractivity contribution in [3.63, 3.8) is 0 Å². The molecule has 1 aromatic rings. The number of carbonyl (C=O) groups is 2. The summed E-state index contributed by atoms with van der Waals surface area (Å²) in [6.07, 6.45) is 1.39.